The summed E-state index contributed by atoms with van der Waals surface area (Å²) < 4.78 is 0. The molecular formula is C7H15NO2. The molecule has 1 amide bonds. The average Bonchev–Trinajstić information content (AvgIpc) is 2.51. The van der Waals surface area contributed by atoms with Gasteiger partial charge in [-0.05, 0) is 19.8 Å². The van der Waals surface area contributed by atoms with Crippen LogP contribution in [0.3, 0.4) is 0 Å². The maximum atomic E-state index is 9.94. The van der Waals surface area contributed by atoms with Crippen LogP contribution in [0, 0.1) is 0 Å². The predicted octanol–water partition coefficient (Wildman–Crippen LogP) is 1.83. The molecule has 3 nitrogen and oxygen atoms in total. The van der Waals surface area contributed by atoms with Gasteiger partial charge in [0.1, 0.15) is 0 Å². The van der Waals surface area contributed by atoms with E-state index >= 15 is 0 Å². The van der Waals surface area contributed by atoms with Crippen LogP contribution in [0.1, 0.15) is 33.6 Å². The summed E-state index contributed by atoms with van der Waals surface area (Å²) in [4.78, 5) is 9.94. The maximum Gasteiger partial charge on any atom is 0.405 e. The number of carbonyl (C=O) groups is 1. The summed E-state index contributed by atoms with van der Waals surface area (Å²) in [6.07, 6.45) is 1.06. The molecule has 1 saturated carbocycles. The first-order valence-corrected chi connectivity index (χ1v) is 3.63. The summed E-state index contributed by atoms with van der Waals surface area (Å²) in [6.45, 7) is 5.90. The van der Waals surface area contributed by atoms with Crippen molar-refractivity contribution in [3.8, 4) is 0 Å². The van der Waals surface area contributed by atoms with Gasteiger partial charge in [-0.15, -0.1) is 0 Å². The van der Waals surface area contributed by atoms with E-state index in [-0.39, 0.29) is 5.54 Å². The fraction of sp³-hybridized carbons (Fsp3) is 0.857. The van der Waals surface area contributed by atoms with Gasteiger partial charge >= 0.3 is 6.09 Å². The third-order valence-corrected chi connectivity index (χ3v) is 1.41. The third kappa shape index (κ3) is 3.33. The molecule has 1 aliphatic carbocycles. The molecule has 0 bridgehead atoms. The highest BCUT2D eigenvalue weighted by atomic mass is 16.4. The summed E-state index contributed by atoms with van der Waals surface area (Å²) in [6, 6.07) is 0. The van der Waals surface area contributed by atoms with E-state index in [1.165, 1.54) is 0 Å². The van der Waals surface area contributed by atoms with Gasteiger partial charge in [0.2, 0.25) is 0 Å². The Hall–Kier alpha value is -0.730. The molecule has 0 spiro atoms. The molecule has 0 aromatic heterocycles. The van der Waals surface area contributed by atoms with Gasteiger partial charge in [-0.1, -0.05) is 13.8 Å². The SMILES string of the molecule is CC.CC1(NC(=O)O)CC1. The lowest BCUT2D eigenvalue weighted by Gasteiger charge is -2.04. The minimum absolute atomic E-state index is 0.0775. The van der Waals surface area contributed by atoms with Gasteiger partial charge in [0, 0.05) is 5.54 Å². The minimum Gasteiger partial charge on any atom is -0.465 e. The molecule has 1 rings (SSSR count). The zero-order valence-electron chi connectivity index (χ0n) is 6.77. The number of rotatable bonds is 1. The molecule has 0 aromatic rings. The Balaban J connectivity index is 0.000000371. The monoisotopic (exact) mass is 145 g/mol. The van der Waals surface area contributed by atoms with E-state index in [4.69, 9.17) is 5.11 Å². The van der Waals surface area contributed by atoms with Gasteiger partial charge in [0.05, 0.1) is 0 Å². The Morgan fingerprint density at radius 1 is 1.50 bits per heavy atom. The largest absolute Gasteiger partial charge is 0.465 e. The van der Waals surface area contributed by atoms with E-state index in [1.54, 1.807) is 0 Å². The molecule has 0 unspecified atom stereocenters. The number of hydrogen-bond acceptors (Lipinski definition) is 1. The standard InChI is InChI=1S/C5H9NO2.C2H6/c1-5(2-3-5)6-4(7)8;1-2/h6H,2-3H2,1H3,(H,7,8);1-2H3. The van der Waals surface area contributed by atoms with Crippen LogP contribution in [-0.2, 0) is 0 Å². The van der Waals surface area contributed by atoms with Crippen molar-refractivity contribution in [3.05, 3.63) is 0 Å². The lowest BCUT2D eigenvalue weighted by atomic mass is 10.3. The Bertz CT molecular complexity index is 119. The molecule has 0 aliphatic heterocycles. The Morgan fingerprint density at radius 3 is 2.00 bits per heavy atom. The van der Waals surface area contributed by atoms with E-state index in [2.05, 4.69) is 5.32 Å². The highest BCUT2D eigenvalue weighted by molar-refractivity contribution is 5.66. The van der Waals surface area contributed by atoms with Gasteiger partial charge in [0.15, 0.2) is 0 Å². The van der Waals surface area contributed by atoms with Crippen LogP contribution in [0.15, 0.2) is 0 Å². The molecule has 0 radical (unpaired) electrons. The third-order valence-electron chi connectivity index (χ3n) is 1.41. The predicted molar refractivity (Wildman–Crippen MR) is 40.1 cm³/mol. The Morgan fingerprint density at radius 2 is 1.90 bits per heavy atom. The minimum atomic E-state index is -0.912. The van der Waals surface area contributed by atoms with Crippen LogP contribution < -0.4 is 5.32 Å². The van der Waals surface area contributed by atoms with E-state index in [0.29, 0.717) is 0 Å². The van der Waals surface area contributed by atoms with Crippen molar-refractivity contribution >= 4 is 6.09 Å². The van der Waals surface area contributed by atoms with E-state index in [9.17, 15) is 4.79 Å². The van der Waals surface area contributed by atoms with Gasteiger partial charge in [0.25, 0.3) is 0 Å². The summed E-state index contributed by atoms with van der Waals surface area (Å²) in [7, 11) is 0. The zero-order chi connectivity index (χ0) is 8.20. The molecule has 1 aliphatic rings. The number of amides is 1. The van der Waals surface area contributed by atoms with Crippen molar-refractivity contribution in [2.75, 3.05) is 0 Å². The van der Waals surface area contributed by atoms with Crippen molar-refractivity contribution < 1.29 is 9.90 Å². The van der Waals surface area contributed by atoms with Gasteiger partial charge < -0.3 is 10.4 Å². The zero-order valence-corrected chi connectivity index (χ0v) is 6.77. The number of nitrogens with one attached hydrogen (secondary N) is 1. The van der Waals surface area contributed by atoms with Crippen molar-refractivity contribution in [2.45, 2.75) is 39.2 Å². The van der Waals surface area contributed by atoms with Crippen molar-refractivity contribution in [2.24, 2.45) is 0 Å². The lowest BCUT2D eigenvalue weighted by Crippen LogP contribution is -2.32. The lowest BCUT2D eigenvalue weighted by molar-refractivity contribution is 0.189. The second-order valence-corrected chi connectivity index (χ2v) is 2.49. The highest BCUT2D eigenvalue weighted by Gasteiger charge is 2.38. The van der Waals surface area contributed by atoms with Crippen LogP contribution in [0.2, 0.25) is 0 Å². The quantitative estimate of drug-likeness (QED) is 0.591. The van der Waals surface area contributed by atoms with Crippen LogP contribution in [-0.4, -0.2) is 16.7 Å². The fourth-order valence-electron chi connectivity index (χ4n) is 0.571. The summed E-state index contributed by atoms with van der Waals surface area (Å²) in [5.74, 6) is 0. The molecule has 0 aromatic carbocycles. The van der Waals surface area contributed by atoms with E-state index in [0.717, 1.165) is 12.8 Å². The van der Waals surface area contributed by atoms with Crippen molar-refractivity contribution in [3.63, 3.8) is 0 Å². The summed E-state index contributed by atoms with van der Waals surface area (Å²) in [5, 5.41) is 10.6. The number of carboxylic acid groups (broad SMARTS) is 1. The molecule has 60 valence electrons. The van der Waals surface area contributed by atoms with Crippen LogP contribution in [0.5, 0.6) is 0 Å². The molecular weight excluding hydrogens is 130 g/mol. The second kappa shape index (κ2) is 3.44. The average molecular weight is 145 g/mol. The van der Waals surface area contributed by atoms with E-state index in [1.807, 2.05) is 20.8 Å². The fourth-order valence-corrected chi connectivity index (χ4v) is 0.571. The topological polar surface area (TPSA) is 49.3 Å². The molecule has 0 heterocycles. The Kier molecular flexibility index (Phi) is 3.19. The van der Waals surface area contributed by atoms with Crippen molar-refractivity contribution in [1.29, 1.82) is 0 Å². The van der Waals surface area contributed by atoms with Crippen LogP contribution in [0.4, 0.5) is 4.79 Å². The van der Waals surface area contributed by atoms with Crippen LogP contribution >= 0.6 is 0 Å². The van der Waals surface area contributed by atoms with Gasteiger partial charge in [-0.2, -0.15) is 0 Å². The molecule has 1 fully saturated rings. The summed E-state index contributed by atoms with van der Waals surface area (Å²) >= 11 is 0. The molecule has 0 atom stereocenters. The van der Waals surface area contributed by atoms with Crippen molar-refractivity contribution in [1.82, 2.24) is 5.32 Å². The van der Waals surface area contributed by atoms with Crippen LogP contribution in [0.25, 0.3) is 0 Å². The highest BCUT2D eigenvalue weighted by Crippen LogP contribution is 2.33. The first-order valence-electron chi connectivity index (χ1n) is 3.63. The van der Waals surface area contributed by atoms with E-state index < -0.39 is 6.09 Å². The smallest absolute Gasteiger partial charge is 0.405 e. The first-order chi connectivity index (χ1) is 4.62. The molecule has 0 saturated heterocycles. The normalized spacial score (nSPS) is 18.3. The first kappa shape index (κ1) is 9.27. The Labute approximate surface area is 61.4 Å². The second-order valence-electron chi connectivity index (χ2n) is 2.49. The molecule has 10 heavy (non-hydrogen) atoms. The maximum absolute atomic E-state index is 9.94. The number of hydrogen-bond donors (Lipinski definition) is 2. The summed E-state index contributed by atoms with van der Waals surface area (Å²) in [5.41, 5.74) is -0.0775. The molecule has 2 N–H and O–H groups in total. The van der Waals surface area contributed by atoms with Gasteiger partial charge in [-0.3, -0.25) is 0 Å². The van der Waals surface area contributed by atoms with Gasteiger partial charge in [-0.25, -0.2) is 4.79 Å². The molecule has 3 heteroatoms.